The quantitative estimate of drug-likeness (QED) is 0.365. The highest BCUT2D eigenvalue weighted by Crippen LogP contribution is 2.47. The van der Waals surface area contributed by atoms with E-state index in [0.29, 0.717) is 27.7 Å². The van der Waals surface area contributed by atoms with Crippen molar-refractivity contribution in [1.29, 1.82) is 0 Å². The zero-order valence-electron chi connectivity index (χ0n) is 19.8. The Labute approximate surface area is 207 Å². The van der Waals surface area contributed by atoms with Crippen molar-refractivity contribution in [3.63, 3.8) is 0 Å². The SMILES string of the molecule is CC#CCN(C(=O)O)c1nc2cc(C3(O)c4ccccc4C(=O)N3[C@H](C)c3ccccc3)ccc2[nH]1. The van der Waals surface area contributed by atoms with Gasteiger partial charge in [-0.15, -0.1) is 5.92 Å². The maximum absolute atomic E-state index is 13.6. The molecule has 2 heterocycles. The monoisotopic (exact) mass is 480 g/mol. The first kappa shape index (κ1) is 23.1. The van der Waals surface area contributed by atoms with Crippen molar-refractivity contribution in [3.05, 3.63) is 95.1 Å². The summed E-state index contributed by atoms with van der Waals surface area (Å²) in [6.45, 7) is 3.48. The van der Waals surface area contributed by atoms with Crippen molar-refractivity contribution in [2.75, 3.05) is 11.4 Å². The van der Waals surface area contributed by atoms with E-state index in [1.54, 1.807) is 49.4 Å². The molecule has 8 nitrogen and oxygen atoms in total. The summed E-state index contributed by atoms with van der Waals surface area (Å²) in [5.74, 6) is 5.27. The maximum Gasteiger partial charge on any atom is 0.415 e. The smallest absolute Gasteiger partial charge is 0.415 e. The number of aromatic amines is 1. The number of amides is 2. The Morgan fingerprint density at radius 2 is 1.86 bits per heavy atom. The fourth-order valence-corrected chi connectivity index (χ4v) is 4.74. The molecule has 180 valence electrons. The summed E-state index contributed by atoms with van der Waals surface area (Å²) in [7, 11) is 0. The molecule has 2 amide bonds. The van der Waals surface area contributed by atoms with Crippen LogP contribution in [0, 0.1) is 11.8 Å². The molecule has 1 unspecified atom stereocenters. The molecule has 36 heavy (non-hydrogen) atoms. The Bertz CT molecular complexity index is 1540. The average molecular weight is 481 g/mol. The first-order valence-corrected chi connectivity index (χ1v) is 11.5. The number of hydrogen-bond acceptors (Lipinski definition) is 4. The molecule has 0 bridgehead atoms. The number of imidazole rings is 1. The molecule has 1 aromatic heterocycles. The number of anilines is 1. The van der Waals surface area contributed by atoms with Crippen LogP contribution < -0.4 is 4.90 Å². The summed E-state index contributed by atoms with van der Waals surface area (Å²) in [6.07, 6.45) is -1.19. The van der Waals surface area contributed by atoms with Crippen molar-refractivity contribution in [2.45, 2.75) is 25.6 Å². The minimum Gasteiger partial charge on any atom is -0.465 e. The third kappa shape index (κ3) is 3.58. The van der Waals surface area contributed by atoms with E-state index in [1.165, 1.54) is 4.90 Å². The average Bonchev–Trinajstić information content (AvgIpc) is 3.41. The number of nitrogens with zero attached hydrogens (tertiary/aromatic N) is 3. The lowest BCUT2D eigenvalue weighted by molar-refractivity contribution is -0.0676. The van der Waals surface area contributed by atoms with Gasteiger partial charge in [0.2, 0.25) is 5.95 Å². The lowest BCUT2D eigenvalue weighted by atomic mass is 9.92. The molecule has 2 atom stereocenters. The highest BCUT2D eigenvalue weighted by molar-refractivity contribution is 6.01. The third-order valence-electron chi connectivity index (χ3n) is 6.54. The Balaban J connectivity index is 1.64. The van der Waals surface area contributed by atoms with E-state index in [1.807, 2.05) is 37.3 Å². The lowest BCUT2D eigenvalue weighted by Gasteiger charge is -2.39. The van der Waals surface area contributed by atoms with E-state index in [0.717, 1.165) is 10.5 Å². The number of fused-ring (bicyclic) bond motifs is 2. The number of aromatic nitrogens is 2. The van der Waals surface area contributed by atoms with Crippen LogP contribution in [0.2, 0.25) is 0 Å². The molecule has 1 aliphatic heterocycles. The molecule has 4 aromatic rings. The fourth-order valence-electron chi connectivity index (χ4n) is 4.74. The largest absolute Gasteiger partial charge is 0.465 e. The number of hydrogen-bond donors (Lipinski definition) is 3. The number of H-pyrrole nitrogens is 1. The highest BCUT2D eigenvalue weighted by atomic mass is 16.4. The topological polar surface area (TPSA) is 110 Å². The number of carbonyl (C=O) groups is 2. The molecule has 3 N–H and O–H groups in total. The van der Waals surface area contributed by atoms with Crippen molar-refractivity contribution in [2.24, 2.45) is 0 Å². The Morgan fingerprint density at radius 3 is 2.58 bits per heavy atom. The summed E-state index contributed by atoms with van der Waals surface area (Å²) in [4.78, 5) is 35.3. The van der Waals surface area contributed by atoms with E-state index in [4.69, 9.17) is 0 Å². The molecule has 0 saturated heterocycles. The van der Waals surface area contributed by atoms with Gasteiger partial charge in [0.05, 0.1) is 23.6 Å². The van der Waals surface area contributed by atoms with Gasteiger partial charge in [0.25, 0.3) is 5.91 Å². The van der Waals surface area contributed by atoms with E-state index in [-0.39, 0.29) is 18.4 Å². The zero-order chi connectivity index (χ0) is 25.4. The molecule has 0 aliphatic carbocycles. The molecular weight excluding hydrogens is 456 g/mol. The van der Waals surface area contributed by atoms with Crippen molar-refractivity contribution >= 4 is 29.0 Å². The van der Waals surface area contributed by atoms with Crippen LogP contribution >= 0.6 is 0 Å². The van der Waals surface area contributed by atoms with Gasteiger partial charge < -0.3 is 15.2 Å². The summed E-state index contributed by atoms with van der Waals surface area (Å²) in [5, 5.41) is 21.9. The van der Waals surface area contributed by atoms with E-state index in [9.17, 15) is 19.8 Å². The van der Waals surface area contributed by atoms with Gasteiger partial charge in [-0.1, -0.05) is 60.5 Å². The van der Waals surface area contributed by atoms with Gasteiger partial charge in [0.1, 0.15) is 0 Å². The number of nitrogens with one attached hydrogen (secondary N) is 1. The van der Waals surface area contributed by atoms with Crippen molar-refractivity contribution in [1.82, 2.24) is 14.9 Å². The first-order valence-electron chi connectivity index (χ1n) is 11.5. The number of aliphatic hydroxyl groups is 1. The van der Waals surface area contributed by atoms with Gasteiger partial charge in [-0.3, -0.25) is 9.69 Å². The normalized spacial score (nSPS) is 17.4. The predicted octanol–water partition coefficient (Wildman–Crippen LogP) is 4.48. The summed E-state index contributed by atoms with van der Waals surface area (Å²) in [5.41, 5.74) is 1.54. The number of carbonyl (C=O) groups excluding carboxylic acids is 1. The third-order valence-corrected chi connectivity index (χ3v) is 6.54. The highest BCUT2D eigenvalue weighted by Gasteiger charge is 2.52. The van der Waals surface area contributed by atoms with E-state index >= 15 is 0 Å². The summed E-state index contributed by atoms with van der Waals surface area (Å²) < 4.78 is 0. The van der Waals surface area contributed by atoms with E-state index in [2.05, 4.69) is 21.8 Å². The molecule has 0 fully saturated rings. The summed E-state index contributed by atoms with van der Waals surface area (Å²) >= 11 is 0. The molecule has 5 rings (SSSR count). The van der Waals surface area contributed by atoms with Gasteiger partial charge in [0.15, 0.2) is 5.72 Å². The van der Waals surface area contributed by atoms with Gasteiger partial charge in [-0.25, -0.2) is 14.7 Å². The second kappa shape index (κ2) is 8.87. The number of rotatable bonds is 5. The molecule has 0 radical (unpaired) electrons. The predicted molar refractivity (Wildman–Crippen MR) is 135 cm³/mol. The first-order chi connectivity index (χ1) is 17.4. The van der Waals surface area contributed by atoms with E-state index < -0.39 is 17.9 Å². The number of carboxylic acid groups (broad SMARTS) is 1. The molecule has 8 heteroatoms. The van der Waals surface area contributed by atoms with Crippen LogP contribution in [0.15, 0.2) is 72.8 Å². The van der Waals surface area contributed by atoms with Gasteiger partial charge >= 0.3 is 6.09 Å². The molecule has 0 saturated carbocycles. The molecule has 1 aliphatic rings. The maximum atomic E-state index is 13.6. The Kier molecular flexibility index (Phi) is 5.71. The lowest BCUT2D eigenvalue weighted by Crippen LogP contribution is -2.46. The van der Waals surface area contributed by atoms with Crippen molar-refractivity contribution in [3.8, 4) is 11.8 Å². The van der Waals surface area contributed by atoms with Crippen LogP contribution in [0.25, 0.3) is 11.0 Å². The fraction of sp³-hybridized carbons (Fsp3) is 0.179. The van der Waals surface area contributed by atoms with Crippen LogP contribution in [-0.4, -0.2) is 43.6 Å². The zero-order valence-corrected chi connectivity index (χ0v) is 19.8. The van der Waals surface area contributed by atoms with Gasteiger partial charge in [-0.2, -0.15) is 0 Å². The standard InChI is InChI=1S/C28H24N4O4/c1-3-4-16-31(27(34)35)26-29-23-15-14-20(17-24(23)30-26)28(36)22-13-9-8-12-21(22)25(33)32(28)18(2)19-10-6-5-7-11-19/h5-15,17-18,36H,16H2,1-2H3,(H,29,30)(H,34,35)/t18-,28?/m1/s1. The molecular formula is C28H24N4O4. The van der Waals surface area contributed by atoms with Crippen molar-refractivity contribution < 1.29 is 19.8 Å². The minimum absolute atomic E-state index is 0.0350. The van der Waals surface area contributed by atoms with Crippen LogP contribution in [0.4, 0.5) is 10.7 Å². The van der Waals surface area contributed by atoms with Gasteiger partial charge in [0, 0.05) is 16.7 Å². The van der Waals surface area contributed by atoms with Crippen LogP contribution in [0.1, 0.15) is 46.9 Å². The second-order valence-corrected chi connectivity index (χ2v) is 8.57. The van der Waals surface area contributed by atoms with Crippen LogP contribution in [0.3, 0.4) is 0 Å². The Morgan fingerprint density at radius 1 is 1.14 bits per heavy atom. The molecule has 0 spiro atoms. The summed E-state index contributed by atoms with van der Waals surface area (Å²) in [6, 6.07) is 21.3. The number of benzene rings is 3. The second-order valence-electron chi connectivity index (χ2n) is 8.57. The minimum atomic E-state index is -1.75. The van der Waals surface area contributed by atoms with Crippen LogP contribution in [0.5, 0.6) is 0 Å². The molecule has 3 aromatic carbocycles. The van der Waals surface area contributed by atoms with Gasteiger partial charge in [-0.05, 0) is 37.6 Å². The van der Waals surface area contributed by atoms with Crippen LogP contribution in [-0.2, 0) is 5.72 Å². The Hall–Kier alpha value is -4.61.